The first-order valence-corrected chi connectivity index (χ1v) is 8.34. The first-order valence-electron chi connectivity index (χ1n) is 6.49. The molecule has 1 aromatic carbocycles. The van der Waals surface area contributed by atoms with E-state index in [9.17, 15) is 18.5 Å². The molecule has 116 valence electrons. The van der Waals surface area contributed by atoms with Gasteiger partial charge in [0, 0.05) is 45.0 Å². The van der Waals surface area contributed by atoms with Gasteiger partial charge < -0.3 is 10.2 Å². The Bertz CT molecular complexity index is 639. The van der Waals surface area contributed by atoms with Gasteiger partial charge in [-0.15, -0.1) is 0 Å². The Kier molecular flexibility index (Phi) is 4.33. The van der Waals surface area contributed by atoms with Crippen molar-refractivity contribution in [3.8, 4) is 0 Å². The highest BCUT2D eigenvalue weighted by molar-refractivity contribution is 7.88. The van der Waals surface area contributed by atoms with Crippen molar-refractivity contribution in [2.24, 2.45) is 0 Å². The van der Waals surface area contributed by atoms with E-state index in [0.717, 1.165) is 5.69 Å². The van der Waals surface area contributed by atoms with E-state index >= 15 is 0 Å². The number of benzene rings is 1. The Morgan fingerprint density at radius 3 is 2.33 bits per heavy atom. The lowest BCUT2D eigenvalue weighted by molar-refractivity contribution is -0.383. The van der Waals surface area contributed by atoms with Crippen molar-refractivity contribution in [1.29, 1.82) is 0 Å². The highest BCUT2D eigenvalue weighted by Crippen LogP contribution is 2.29. The molecule has 0 saturated carbocycles. The zero-order valence-electron chi connectivity index (χ0n) is 11.9. The van der Waals surface area contributed by atoms with Gasteiger partial charge in [-0.1, -0.05) is 0 Å². The molecule has 2 rings (SSSR count). The minimum atomic E-state index is -3.16. The second-order valence-corrected chi connectivity index (χ2v) is 6.84. The van der Waals surface area contributed by atoms with Crippen LogP contribution in [0.5, 0.6) is 0 Å². The van der Waals surface area contributed by atoms with Gasteiger partial charge in [-0.25, -0.2) is 8.42 Å². The van der Waals surface area contributed by atoms with E-state index in [1.54, 1.807) is 19.2 Å². The number of sulfonamides is 1. The van der Waals surface area contributed by atoms with Gasteiger partial charge in [0.25, 0.3) is 5.69 Å². The van der Waals surface area contributed by atoms with Crippen molar-refractivity contribution >= 4 is 27.1 Å². The van der Waals surface area contributed by atoms with Crippen molar-refractivity contribution in [3.63, 3.8) is 0 Å². The fourth-order valence-corrected chi connectivity index (χ4v) is 3.18. The summed E-state index contributed by atoms with van der Waals surface area (Å²) in [7, 11) is -1.52. The van der Waals surface area contributed by atoms with Crippen LogP contribution in [0.3, 0.4) is 0 Å². The lowest BCUT2D eigenvalue weighted by Gasteiger charge is -2.34. The summed E-state index contributed by atoms with van der Waals surface area (Å²) in [6.45, 7) is 1.97. The molecule has 0 atom stereocenters. The summed E-state index contributed by atoms with van der Waals surface area (Å²) in [6, 6.07) is 4.87. The van der Waals surface area contributed by atoms with Crippen LogP contribution in [-0.4, -0.2) is 57.1 Å². The molecule has 1 aliphatic rings. The van der Waals surface area contributed by atoms with Gasteiger partial charge in [-0.2, -0.15) is 4.31 Å². The molecule has 0 spiro atoms. The SMILES string of the molecule is CNc1cc(N2CCN(S(C)(=O)=O)CC2)ccc1[N+](=O)[O-]. The zero-order chi connectivity index (χ0) is 15.6. The number of nitrogens with one attached hydrogen (secondary N) is 1. The van der Waals surface area contributed by atoms with E-state index in [1.165, 1.54) is 16.6 Å². The Morgan fingerprint density at radius 1 is 1.24 bits per heavy atom. The summed E-state index contributed by atoms with van der Waals surface area (Å²) in [5.41, 5.74) is 1.32. The van der Waals surface area contributed by atoms with Gasteiger partial charge in [0.05, 0.1) is 11.2 Å². The van der Waals surface area contributed by atoms with Crippen molar-refractivity contribution < 1.29 is 13.3 Å². The largest absolute Gasteiger partial charge is 0.383 e. The lowest BCUT2D eigenvalue weighted by Crippen LogP contribution is -2.48. The van der Waals surface area contributed by atoms with E-state index in [4.69, 9.17) is 0 Å². The van der Waals surface area contributed by atoms with Crippen molar-refractivity contribution in [1.82, 2.24) is 4.31 Å². The molecule has 0 aromatic heterocycles. The molecule has 0 amide bonds. The third-order valence-electron chi connectivity index (χ3n) is 3.52. The molecule has 0 radical (unpaired) electrons. The molecular formula is C12H18N4O4S. The maximum atomic E-state index is 11.5. The molecule has 1 N–H and O–H groups in total. The van der Waals surface area contributed by atoms with Crippen LogP contribution in [0.25, 0.3) is 0 Å². The number of nitro groups is 1. The summed E-state index contributed by atoms with van der Waals surface area (Å²) in [5.74, 6) is 0. The molecule has 1 aliphatic heterocycles. The molecule has 21 heavy (non-hydrogen) atoms. The summed E-state index contributed by atoms with van der Waals surface area (Å²) in [4.78, 5) is 12.5. The molecular weight excluding hydrogens is 296 g/mol. The quantitative estimate of drug-likeness (QED) is 0.650. The molecule has 9 heteroatoms. The van der Waals surface area contributed by atoms with Crippen molar-refractivity contribution in [3.05, 3.63) is 28.3 Å². The summed E-state index contributed by atoms with van der Waals surface area (Å²) in [5, 5.41) is 13.7. The molecule has 1 heterocycles. The fourth-order valence-electron chi connectivity index (χ4n) is 2.36. The van der Waals surface area contributed by atoms with Crippen LogP contribution >= 0.6 is 0 Å². The Morgan fingerprint density at radius 2 is 1.86 bits per heavy atom. The maximum absolute atomic E-state index is 11.5. The van der Waals surface area contributed by atoms with E-state index in [0.29, 0.717) is 31.9 Å². The fraction of sp³-hybridized carbons (Fsp3) is 0.500. The number of nitrogens with zero attached hydrogens (tertiary/aromatic N) is 3. The predicted molar refractivity (Wildman–Crippen MR) is 81.3 cm³/mol. The standard InChI is InChI=1S/C12H18N4O4S/c1-13-11-9-10(3-4-12(11)16(17)18)14-5-7-15(8-6-14)21(2,19)20/h3-4,9,13H,5-8H2,1-2H3. The van der Waals surface area contributed by atoms with E-state index in [-0.39, 0.29) is 5.69 Å². The van der Waals surface area contributed by atoms with Gasteiger partial charge in [0.1, 0.15) is 5.69 Å². The zero-order valence-corrected chi connectivity index (χ0v) is 12.8. The number of hydrogen-bond donors (Lipinski definition) is 1. The van der Waals surface area contributed by atoms with Crippen LogP contribution in [-0.2, 0) is 10.0 Å². The van der Waals surface area contributed by atoms with Gasteiger partial charge in [-0.3, -0.25) is 10.1 Å². The molecule has 8 nitrogen and oxygen atoms in total. The molecule has 0 unspecified atom stereocenters. The first-order chi connectivity index (χ1) is 9.82. The van der Waals surface area contributed by atoms with Crippen LogP contribution in [0.15, 0.2) is 18.2 Å². The van der Waals surface area contributed by atoms with E-state index in [2.05, 4.69) is 5.32 Å². The van der Waals surface area contributed by atoms with Crippen LogP contribution in [0.2, 0.25) is 0 Å². The first kappa shape index (κ1) is 15.5. The van der Waals surface area contributed by atoms with Crippen LogP contribution < -0.4 is 10.2 Å². The Labute approximate surface area is 123 Å². The lowest BCUT2D eigenvalue weighted by atomic mass is 10.2. The van der Waals surface area contributed by atoms with Gasteiger partial charge in [-0.05, 0) is 12.1 Å². The number of anilines is 2. The van der Waals surface area contributed by atoms with Crippen molar-refractivity contribution in [2.75, 3.05) is 49.7 Å². The highest BCUT2D eigenvalue weighted by Gasteiger charge is 2.24. The molecule has 1 fully saturated rings. The van der Waals surface area contributed by atoms with Gasteiger partial charge >= 0.3 is 0 Å². The third-order valence-corrected chi connectivity index (χ3v) is 4.82. The number of piperazine rings is 1. The second kappa shape index (κ2) is 5.86. The maximum Gasteiger partial charge on any atom is 0.292 e. The topological polar surface area (TPSA) is 95.8 Å². The average molecular weight is 314 g/mol. The average Bonchev–Trinajstić information content (AvgIpc) is 2.45. The van der Waals surface area contributed by atoms with Crippen LogP contribution in [0.4, 0.5) is 17.1 Å². The van der Waals surface area contributed by atoms with Crippen LogP contribution in [0, 0.1) is 10.1 Å². The monoisotopic (exact) mass is 314 g/mol. The normalized spacial score (nSPS) is 16.8. The second-order valence-electron chi connectivity index (χ2n) is 4.86. The Balaban J connectivity index is 2.16. The number of nitro benzene ring substituents is 1. The smallest absolute Gasteiger partial charge is 0.292 e. The molecule has 1 saturated heterocycles. The summed E-state index contributed by atoms with van der Waals surface area (Å²) < 4.78 is 24.4. The summed E-state index contributed by atoms with van der Waals surface area (Å²) >= 11 is 0. The highest BCUT2D eigenvalue weighted by atomic mass is 32.2. The van der Waals surface area contributed by atoms with Crippen molar-refractivity contribution in [2.45, 2.75) is 0 Å². The third kappa shape index (κ3) is 3.42. The molecule has 0 aliphatic carbocycles. The van der Waals surface area contributed by atoms with Crippen LogP contribution in [0.1, 0.15) is 0 Å². The number of hydrogen-bond acceptors (Lipinski definition) is 6. The molecule has 1 aromatic rings. The minimum Gasteiger partial charge on any atom is -0.383 e. The Hall–Kier alpha value is -1.87. The van der Waals surface area contributed by atoms with E-state index in [1.807, 2.05) is 4.90 Å². The number of rotatable bonds is 4. The minimum absolute atomic E-state index is 0.0241. The van der Waals surface area contributed by atoms with Gasteiger partial charge in [0.15, 0.2) is 0 Å². The predicted octanol–water partition coefficient (Wildman–Crippen LogP) is 0.718. The van der Waals surface area contributed by atoms with Gasteiger partial charge in [0.2, 0.25) is 10.0 Å². The summed E-state index contributed by atoms with van der Waals surface area (Å²) in [6.07, 6.45) is 1.20. The van der Waals surface area contributed by atoms with E-state index < -0.39 is 14.9 Å². The molecule has 0 bridgehead atoms.